The van der Waals surface area contributed by atoms with Crippen LogP contribution in [-0.4, -0.2) is 60.1 Å². The fraction of sp³-hybridized carbons (Fsp3) is 0.909. The van der Waals surface area contributed by atoms with E-state index in [0.29, 0.717) is 12.6 Å². The number of hydrogen-bond donors (Lipinski definition) is 1. The fourth-order valence-electron chi connectivity index (χ4n) is 1.26. The summed E-state index contributed by atoms with van der Waals surface area (Å²) in [5.74, 6) is 0.143. The first-order valence-corrected chi connectivity index (χ1v) is 5.61. The van der Waals surface area contributed by atoms with Crippen LogP contribution in [0.3, 0.4) is 0 Å². The highest BCUT2D eigenvalue weighted by atomic mass is 16.3. The molecule has 0 aliphatic carbocycles. The molecule has 0 unspecified atom stereocenters. The summed E-state index contributed by atoms with van der Waals surface area (Å²) < 4.78 is 0. The maximum atomic E-state index is 11.7. The van der Waals surface area contributed by atoms with Crippen LogP contribution in [0.25, 0.3) is 0 Å². The van der Waals surface area contributed by atoms with Gasteiger partial charge in [0.25, 0.3) is 0 Å². The molecule has 0 spiro atoms. The van der Waals surface area contributed by atoms with Crippen molar-refractivity contribution >= 4 is 5.91 Å². The molecule has 0 saturated carbocycles. The van der Waals surface area contributed by atoms with Crippen molar-refractivity contribution in [3.8, 4) is 0 Å². The maximum Gasteiger partial charge on any atom is 0.236 e. The summed E-state index contributed by atoms with van der Waals surface area (Å²) in [6.45, 7) is 8.24. The Hall–Kier alpha value is -0.610. The number of carbonyl (C=O) groups is 1. The average Bonchev–Trinajstić information content (AvgIpc) is 2.22. The molecule has 0 aliphatic heterocycles. The van der Waals surface area contributed by atoms with Gasteiger partial charge in [0.2, 0.25) is 5.91 Å². The highest BCUT2D eigenvalue weighted by Crippen LogP contribution is 2.00. The minimum absolute atomic E-state index is 0.143. The molecule has 0 atom stereocenters. The molecule has 15 heavy (non-hydrogen) atoms. The molecule has 0 fully saturated rings. The lowest BCUT2D eigenvalue weighted by Crippen LogP contribution is -2.42. The van der Waals surface area contributed by atoms with Gasteiger partial charge in [-0.2, -0.15) is 0 Å². The third-order valence-corrected chi connectivity index (χ3v) is 2.57. The van der Waals surface area contributed by atoms with E-state index in [4.69, 9.17) is 5.11 Å². The maximum absolute atomic E-state index is 11.7. The van der Waals surface area contributed by atoms with Gasteiger partial charge in [-0.3, -0.25) is 9.69 Å². The first-order chi connectivity index (χ1) is 7.02. The standard InChI is InChI=1S/C11H24N2O2/c1-5-12(4)11(15)9-13(10(2)3)7-6-8-14/h10,14H,5-9H2,1-4H3. The van der Waals surface area contributed by atoms with Crippen molar-refractivity contribution in [3.05, 3.63) is 0 Å². The number of rotatable bonds is 7. The van der Waals surface area contributed by atoms with Crippen LogP contribution < -0.4 is 0 Å². The Labute approximate surface area is 92.9 Å². The third kappa shape index (κ3) is 5.74. The molecule has 0 aromatic heterocycles. The van der Waals surface area contributed by atoms with Crippen molar-refractivity contribution in [3.63, 3.8) is 0 Å². The number of carbonyl (C=O) groups excluding carboxylic acids is 1. The van der Waals surface area contributed by atoms with Crippen molar-refractivity contribution in [2.45, 2.75) is 33.2 Å². The second kappa shape index (κ2) is 7.65. The van der Waals surface area contributed by atoms with Crippen LogP contribution in [0.1, 0.15) is 27.2 Å². The molecule has 0 aromatic rings. The summed E-state index contributed by atoms with van der Waals surface area (Å²) in [6.07, 6.45) is 0.724. The summed E-state index contributed by atoms with van der Waals surface area (Å²) in [4.78, 5) is 15.5. The monoisotopic (exact) mass is 216 g/mol. The van der Waals surface area contributed by atoms with Crippen LogP contribution in [0.2, 0.25) is 0 Å². The van der Waals surface area contributed by atoms with E-state index < -0.39 is 0 Å². The van der Waals surface area contributed by atoms with Gasteiger partial charge in [0.15, 0.2) is 0 Å². The minimum atomic E-state index is 0.143. The largest absolute Gasteiger partial charge is 0.396 e. The Morgan fingerprint density at radius 2 is 2.00 bits per heavy atom. The molecule has 0 rings (SSSR count). The van der Waals surface area contributed by atoms with Crippen molar-refractivity contribution in [1.29, 1.82) is 0 Å². The molecule has 0 heterocycles. The second-order valence-corrected chi connectivity index (χ2v) is 4.05. The SMILES string of the molecule is CCN(C)C(=O)CN(CCCO)C(C)C. The molecular weight excluding hydrogens is 192 g/mol. The highest BCUT2D eigenvalue weighted by Gasteiger charge is 2.15. The fourth-order valence-corrected chi connectivity index (χ4v) is 1.26. The zero-order valence-corrected chi connectivity index (χ0v) is 10.4. The molecule has 0 bridgehead atoms. The van der Waals surface area contributed by atoms with Crippen LogP contribution in [-0.2, 0) is 4.79 Å². The first kappa shape index (κ1) is 14.4. The Morgan fingerprint density at radius 1 is 1.40 bits per heavy atom. The van der Waals surface area contributed by atoms with E-state index >= 15 is 0 Å². The van der Waals surface area contributed by atoms with Crippen LogP contribution in [0.15, 0.2) is 0 Å². The van der Waals surface area contributed by atoms with E-state index in [-0.39, 0.29) is 12.5 Å². The third-order valence-electron chi connectivity index (χ3n) is 2.57. The molecule has 0 aliphatic rings. The number of aliphatic hydroxyl groups is 1. The van der Waals surface area contributed by atoms with Gasteiger partial charge in [-0.15, -0.1) is 0 Å². The highest BCUT2D eigenvalue weighted by molar-refractivity contribution is 5.77. The van der Waals surface area contributed by atoms with Crippen LogP contribution in [0, 0.1) is 0 Å². The number of aliphatic hydroxyl groups excluding tert-OH is 1. The van der Waals surface area contributed by atoms with Crippen LogP contribution in [0.4, 0.5) is 0 Å². The minimum Gasteiger partial charge on any atom is -0.396 e. The lowest BCUT2D eigenvalue weighted by Gasteiger charge is -2.27. The van der Waals surface area contributed by atoms with Gasteiger partial charge in [0, 0.05) is 32.8 Å². The number of nitrogens with zero attached hydrogens (tertiary/aromatic N) is 2. The predicted octanol–water partition coefficient (Wildman–Crippen LogP) is 0.557. The van der Waals surface area contributed by atoms with E-state index in [0.717, 1.165) is 19.5 Å². The zero-order valence-electron chi connectivity index (χ0n) is 10.4. The predicted molar refractivity (Wildman–Crippen MR) is 61.7 cm³/mol. The van der Waals surface area contributed by atoms with E-state index in [1.165, 1.54) is 0 Å². The number of amides is 1. The van der Waals surface area contributed by atoms with Gasteiger partial charge in [-0.05, 0) is 27.2 Å². The Kier molecular flexibility index (Phi) is 7.34. The van der Waals surface area contributed by atoms with E-state index in [2.05, 4.69) is 18.7 Å². The normalized spacial score (nSPS) is 11.1. The van der Waals surface area contributed by atoms with E-state index in [1.807, 2.05) is 14.0 Å². The lowest BCUT2D eigenvalue weighted by molar-refractivity contribution is -0.131. The zero-order chi connectivity index (χ0) is 11.8. The molecule has 1 N–H and O–H groups in total. The summed E-state index contributed by atoms with van der Waals surface area (Å²) >= 11 is 0. The first-order valence-electron chi connectivity index (χ1n) is 5.61. The number of likely N-dealkylation sites (N-methyl/N-ethyl adjacent to an activating group) is 1. The molecule has 4 heteroatoms. The summed E-state index contributed by atoms with van der Waals surface area (Å²) in [5, 5.41) is 8.76. The van der Waals surface area contributed by atoms with Gasteiger partial charge in [0.1, 0.15) is 0 Å². The average molecular weight is 216 g/mol. The van der Waals surface area contributed by atoms with Crippen molar-refractivity contribution in [2.75, 3.05) is 33.3 Å². The summed E-state index contributed by atoms with van der Waals surface area (Å²) in [6, 6.07) is 0.339. The Bertz CT molecular complexity index is 183. The molecule has 1 amide bonds. The molecule has 0 aromatic carbocycles. The van der Waals surface area contributed by atoms with Gasteiger partial charge in [-0.1, -0.05) is 0 Å². The van der Waals surface area contributed by atoms with E-state index in [1.54, 1.807) is 4.90 Å². The lowest BCUT2D eigenvalue weighted by atomic mass is 10.2. The second-order valence-electron chi connectivity index (χ2n) is 4.05. The van der Waals surface area contributed by atoms with Crippen molar-refractivity contribution in [2.24, 2.45) is 0 Å². The van der Waals surface area contributed by atoms with Gasteiger partial charge < -0.3 is 10.0 Å². The quantitative estimate of drug-likeness (QED) is 0.676. The van der Waals surface area contributed by atoms with Gasteiger partial charge in [-0.25, -0.2) is 0 Å². The van der Waals surface area contributed by atoms with Gasteiger partial charge in [0.05, 0.1) is 6.54 Å². The Balaban J connectivity index is 4.09. The molecule has 0 saturated heterocycles. The summed E-state index contributed by atoms with van der Waals surface area (Å²) in [5.41, 5.74) is 0. The van der Waals surface area contributed by atoms with Gasteiger partial charge >= 0.3 is 0 Å². The molecule has 0 radical (unpaired) electrons. The van der Waals surface area contributed by atoms with Crippen molar-refractivity contribution < 1.29 is 9.90 Å². The number of hydrogen-bond acceptors (Lipinski definition) is 3. The van der Waals surface area contributed by atoms with Crippen LogP contribution in [0.5, 0.6) is 0 Å². The van der Waals surface area contributed by atoms with Crippen molar-refractivity contribution in [1.82, 2.24) is 9.80 Å². The molecular formula is C11H24N2O2. The molecule has 90 valence electrons. The van der Waals surface area contributed by atoms with Crippen LogP contribution >= 0.6 is 0 Å². The smallest absolute Gasteiger partial charge is 0.236 e. The molecule has 4 nitrogen and oxygen atoms in total. The Morgan fingerprint density at radius 3 is 2.40 bits per heavy atom. The topological polar surface area (TPSA) is 43.8 Å². The summed E-state index contributed by atoms with van der Waals surface area (Å²) in [7, 11) is 1.81. The van der Waals surface area contributed by atoms with E-state index in [9.17, 15) is 4.79 Å².